The van der Waals surface area contributed by atoms with Crippen LogP contribution in [0, 0.1) is 5.92 Å². The highest BCUT2D eigenvalue weighted by molar-refractivity contribution is 7.98. The Bertz CT molecular complexity index is 790. The maximum absolute atomic E-state index is 13.1. The number of thioether (sulfide) groups is 1. The highest BCUT2D eigenvalue weighted by atomic mass is 32.2. The number of benzene rings is 1. The van der Waals surface area contributed by atoms with Crippen LogP contribution in [0.1, 0.15) is 39.2 Å². The largest absolute Gasteiger partial charge is 0.480 e. The summed E-state index contributed by atoms with van der Waals surface area (Å²) in [6.45, 7) is 5.19. The molecule has 1 rings (SSSR count). The summed E-state index contributed by atoms with van der Waals surface area (Å²) >= 11 is 1.58. The number of carbonyl (C=O) groups excluding carboxylic acids is 3. The molecule has 0 aliphatic carbocycles. The van der Waals surface area contributed by atoms with E-state index in [4.69, 9.17) is 10.8 Å². The van der Waals surface area contributed by atoms with Crippen molar-refractivity contribution in [2.75, 3.05) is 12.0 Å². The predicted octanol–water partition coefficient (Wildman–Crippen LogP) is 0.915. The molecule has 0 aliphatic heterocycles. The number of carboxylic acid groups (broad SMARTS) is 1. The molecule has 4 unspecified atom stereocenters. The standard InChI is InChI=1S/C23H36N4O5S/c1-14(2)12-18(26-20(28)17(24)10-11-33-4)22(30)27-19(13-16-8-6-5-7-9-16)21(29)25-15(3)23(31)32/h5-9,14-15,17-19H,10-13,24H2,1-4H3,(H,25,29)(H,26,28)(H,27,30)(H,31,32). The quantitative estimate of drug-likeness (QED) is 0.266. The Morgan fingerprint density at radius 2 is 1.52 bits per heavy atom. The van der Waals surface area contributed by atoms with E-state index >= 15 is 0 Å². The Morgan fingerprint density at radius 3 is 2.06 bits per heavy atom. The third kappa shape index (κ3) is 10.7. The van der Waals surface area contributed by atoms with Crippen LogP contribution in [-0.2, 0) is 25.6 Å². The average Bonchev–Trinajstić information content (AvgIpc) is 2.76. The van der Waals surface area contributed by atoms with Gasteiger partial charge >= 0.3 is 5.97 Å². The van der Waals surface area contributed by atoms with Crippen molar-refractivity contribution in [1.82, 2.24) is 16.0 Å². The van der Waals surface area contributed by atoms with E-state index in [2.05, 4.69) is 16.0 Å². The second kappa shape index (κ2) is 14.5. The van der Waals surface area contributed by atoms with E-state index in [-0.39, 0.29) is 12.3 Å². The zero-order valence-corrected chi connectivity index (χ0v) is 20.5. The van der Waals surface area contributed by atoms with Gasteiger partial charge in [0.15, 0.2) is 0 Å². The van der Waals surface area contributed by atoms with Crippen LogP contribution >= 0.6 is 11.8 Å². The van der Waals surface area contributed by atoms with Gasteiger partial charge < -0.3 is 26.8 Å². The lowest BCUT2D eigenvalue weighted by Gasteiger charge is -2.25. The molecule has 3 amide bonds. The average molecular weight is 481 g/mol. The number of nitrogens with one attached hydrogen (secondary N) is 3. The molecular formula is C23H36N4O5S. The van der Waals surface area contributed by atoms with Gasteiger partial charge in [0.1, 0.15) is 18.1 Å². The van der Waals surface area contributed by atoms with E-state index in [1.54, 1.807) is 11.8 Å². The second-order valence-corrected chi connectivity index (χ2v) is 9.38. The van der Waals surface area contributed by atoms with Gasteiger partial charge in [-0.2, -0.15) is 11.8 Å². The van der Waals surface area contributed by atoms with E-state index < -0.39 is 47.9 Å². The number of carbonyl (C=O) groups is 4. The highest BCUT2D eigenvalue weighted by Crippen LogP contribution is 2.09. The van der Waals surface area contributed by atoms with Gasteiger partial charge in [-0.3, -0.25) is 19.2 Å². The monoisotopic (exact) mass is 480 g/mol. The number of carboxylic acids is 1. The van der Waals surface area contributed by atoms with E-state index in [0.29, 0.717) is 12.8 Å². The number of aliphatic carboxylic acids is 1. The molecule has 1 aromatic rings. The second-order valence-electron chi connectivity index (χ2n) is 8.40. The minimum absolute atomic E-state index is 0.0944. The van der Waals surface area contributed by atoms with Gasteiger partial charge in [-0.1, -0.05) is 44.2 Å². The van der Waals surface area contributed by atoms with Crippen LogP contribution in [0.3, 0.4) is 0 Å². The Balaban J connectivity index is 3.01. The molecule has 0 aliphatic rings. The molecule has 0 saturated carbocycles. The van der Waals surface area contributed by atoms with Crippen LogP contribution in [0.15, 0.2) is 30.3 Å². The molecule has 0 spiro atoms. The van der Waals surface area contributed by atoms with Gasteiger partial charge in [-0.15, -0.1) is 0 Å². The van der Waals surface area contributed by atoms with Gasteiger partial charge in [-0.05, 0) is 43.3 Å². The zero-order valence-electron chi connectivity index (χ0n) is 19.7. The summed E-state index contributed by atoms with van der Waals surface area (Å²) in [5, 5.41) is 16.9. The van der Waals surface area contributed by atoms with E-state index in [1.807, 2.05) is 50.4 Å². The molecule has 184 valence electrons. The molecule has 6 N–H and O–H groups in total. The SMILES string of the molecule is CSCCC(N)C(=O)NC(CC(C)C)C(=O)NC(Cc1ccccc1)C(=O)NC(C)C(=O)O. The van der Waals surface area contributed by atoms with Crippen molar-refractivity contribution in [1.29, 1.82) is 0 Å². The molecule has 0 fully saturated rings. The lowest BCUT2D eigenvalue weighted by atomic mass is 10.0. The Kier molecular flexibility index (Phi) is 12.5. The minimum Gasteiger partial charge on any atom is -0.480 e. The molecule has 33 heavy (non-hydrogen) atoms. The van der Waals surface area contributed by atoms with Crippen molar-refractivity contribution in [3.63, 3.8) is 0 Å². The number of hydrogen-bond acceptors (Lipinski definition) is 6. The molecule has 1 aromatic carbocycles. The lowest BCUT2D eigenvalue weighted by Crippen LogP contribution is -2.57. The van der Waals surface area contributed by atoms with Gasteiger partial charge in [0.05, 0.1) is 6.04 Å². The minimum atomic E-state index is -1.18. The summed E-state index contributed by atoms with van der Waals surface area (Å²) in [5.74, 6) is -1.93. The van der Waals surface area contributed by atoms with E-state index in [9.17, 15) is 19.2 Å². The first-order valence-corrected chi connectivity index (χ1v) is 12.4. The van der Waals surface area contributed by atoms with Crippen molar-refractivity contribution in [3.05, 3.63) is 35.9 Å². The van der Waals surface area contributed by atoms with Crippen molar-refractivity contribution >= 4 is 35.5 Å². The third-order valence-electron chi connectivity index (χ3n) is 4.95. The fourth-order valence-corrected chi connectivity index (χ4v) is 3.55. The van der Waals surface area contributed by atoms with Crippen LogP contribution in [-0.4, -0.2) is 65.0 Å². The molecule has 0 radical (unpaired) electrons. The summed E-state index contributed by atoms with van der Waals surface area (Å²) in [6, 6.07) is 5.33. The maximum atomic E-state index is 13.1. The predicted molar refractivity (Wildman–Crippen MR) is 130 cm³/mol. The summed E-state index contributed by atoms with van der Waals surface area (Å²) in [5.41, 5.74) is 6.74. The normalized spacial score (nSPS) is 14.6. The van der Waals surface area contributed by atoms with Gasteiger partial charge in [-0.25, -0.2) is 0 Å². The summed E-state index contributed by atoms with van der Waals surface area (Å²) in [4.78, 5) is 49.6. The molecule has 0 heterocycles. The fraction of sp³-hybridized carbons (Fsp3) is 0.565. The maximum Gasteiger partial charge on any atom is 0.325 e. The van der Waals surface area contributed by atoms with Gasteiger partial charge in [0.25, 0.3) is 0 Å². The molecule has 0 saturated heterocycles. The van der Waals surface area contributed by atoms with Crippen molar-refractivity contribution < 1.29 is 24.3 Å². The molecule has 0 aromatic heterocycles. The van der Waals surface area contributed by atoms with Crippen LogP contribution in [0.4, 0.5) is 0 Å². The number of amides is 3. The fourth-order valence-electron chi connectivity index (χ4n) is 3.06. The Morgan fingerprint density at radius 1 is 0.939 bits per heavy atom. The van der Waals surface area contributed by atoms with E-state index in [0.717, 1.165) is 11.3 Å². The van der Waals surface area contributed by atoms with Crippen LogP contribution < -0.4 is 21.7 Å². The van der Waals surface area contributed by atoms with Crippen LogP contribution in [0.5, 0.6) is 0 Å². The number of hydrogen-bond donors (Lipinski definition) is 5. The summed E-state index contributed by atoms with van der Waals surface area (Å²) in [6.07, 6.45) is 2.93. The van der Waals surface area contributed by atoms with Crippen molar-refractivity contribution in [2.24, 2.45) is 11.7 Å². The highest BCUT2D eigenvalue weighted by Gasteiger charge is 2.30. The van der Waals surface area contributed by atoms with E-state index in [1.165, 1.54) is 6.92 Å². The van der Waals surface area contributed by atoms with Crippen molar-refractivity contribution in [3.8, 4) is 0 Å². The molecule has 9 nitrogen and oxygen atoms in total. The van der Waals surface area contributed by atoms with Crippen LogP contribution in [0.25, 0.3) is 0 Å². The molecule has 0 bridgehead atoms. The Hall–Kier alpha value is -2.59. The van der Waals surface area contributed by atoms with Gasteiger partial charge in [0.2, 0.25) is 17.7 Å². The first-order valence-electron chi connectivity index (χ1n) is 11.0. The molecular weight excluding hydrogens is 444 g/mol. The summed E-state index contributed by atoms with van der Waals surface area (Å²) < 4.78 is 0. The van der Waals surface area contributed by atoms with Gasteiger partial charge in [0, 0.05) is 6.42 Å². The van der Waals surface area contributed by atoms with Crippen molar-refractivity contribution in [2.45, 2.75) is 64.2 Å². The summed E-state index contributed by atoms with van der Waals surface area (Å²) in [7, 11) is 0. The number of nitrogens with two attached hydrogens (primary N) is 1. The smallest absolute Gasteiger partial charge is 0.325 e. The Labute approximate surface area is 199 Å². The zero-order chi connectivity index (χ0) is 25.0. The van der Waals surface area contributed by atoms with Crippen LogP contribution in [0.2, 0.25) is 0 Å². The molecule has 10 heteroatoms. The molecule has 4 atom stereocenters. The lowest BCUT2D eigenvalue weighted by molar-refractivity contribution is -0.141. The third-order valence-corrected chi connectivity index (χ3v) is 5.60. The number of rotatable bonds is 14. The topological polar surface area (TPSA) is 151 Å². The first kappa shape index (κ1) is 28.4. The first-order chi connectivity index (χ1) is 15.5.